The summed E-state index contributed by atoms with van der Waals surface area (Å²) in [6, 6.07) is 16.0. The molecule has 5 heteroatoms. The Hall–Kier alpha value is -2.82. The summed E-state index contributed by atoms with van der Waals surface area (Å²) in [6.07, 6.45) is 3.88. The molecule has 128 valence electrons. The van der Waals surface area contributed by atoms with Crippen molar-refractivity contribution in [3.05, 3.63) is 48.5 Å². The molecule has 0 unspecified atom stereocenters. The Morgan fingerprint density at radius 2 is 1.72 bits per heavy atom. The third-order valence-electron chi connectivity index (χ3n) is 4.61. The lowest BCUT2D eigenvalue weighted by atomic mass is 10.1. The first-order valence-corrected chi connectivity index (χ1v) is 8.67. The standard InChI is InChI=1S/C20H21N3O2/c1-24-18-8-4-3-7-17(18)20-21-19(22-25-20)15-9-11-16(12-10-15)23-13-5-2-6-14-23/h3-4,7-12H,2,5-6,13-14H2,1H3. The third-order valence-corrected chi connectivity index (χ3v) is 4.61. The van der Waals surface area contributed by atoms with Gasteiger partial charge in [0.1, 0.15) is 5.75 Å². The molecule has 0 bridgehead atoms. The first-order valence-electron chi connectivity index (χ1n) is 8.67. The molecule has 25 heavy (non-hydrogen) atoms. The Morgan fingerprint density at radius 1 is 0.960 bits per heavy atom. The van der Waals surface area contributed by atoms with Crippen LogP contribution in [0, 0.1) is 0 Å². The van der Waals surface area contributed by atoms with E-state index < -0.39 is 0 Å². The summed E-state index contributed by atoms with van der Waals surface area (Å²) < 4.78 is 10.8. The molecule has 1 saturated heterocycles. The van der Waals surface area contributed by atoms with Crippen molar-refractivity contribution in [2.75, 3.05) is 25.1 Å². The summed E-state index contributed by atoms with van der Waals surface area (Å²) in [6.45, 7) is 2.28. The molecule has 5 nitrogen and oxygen atoms in total. The summed E-state index contributed by atoms with van der Waals surface area (Å²) in [7, 11) is 1.63. The number of hydrogen-bond acceptors (Lipinski definition) is 5. The van der Waals surface area contributed by atoms with Crippen molar-refractivity contribution in [3.63, 3.8) is 0 Å². The van der Waals surface area contributed by atoms with Crippen molar-refractivity contribution in [1.82, 2.24) is 10.1 Å². The maximum Gasteiger partial charge on any atom is 0.262 e. The Balaban J connectivity index is 1.57. The van der Waals surface area contributed by atoms with E-state index in [1.165, 1.54) is 24.9 Å². The first-order chi connectivity index (χ1) is 12.3. The van der Waals surface area contributed by atoms with Gasteiger partial charge in [-0.15, -0.1) is 0 Å². The van der Waals surface area contributed by atoms with Crippen molar-refractivity contribution in [1.29, 1.82) is 0 Å². The Labute approximate surface area is 147 Å². The first kappa shape index (κ1) is 15.7. The maximum atomic E-state index is 5.44. The second kappa shape index (κ2) is 6.97. The molecule has 2 aromatic carbocycles. The highest BCUT2D eigenvalue weighted by molar-refractivity contribution is 5.66. The highest BCUT2D eigenvalue weighted by Gasteiger charge is 2.15. The maximum absolute atomic E-state index is 5.44. The van der Waals surface area contributed by atoms with E-state index in [0.29, 0.717) is 11.7 Å². The van der Waals surface area contributed by atoms with Crippen molar-refractivity contribution < 1.29 is 9.26 Å². The van der Waals surface area contributed by atoms with Gasteiger partial charge in [-0.05, 0) is 55.7 Å². The van der Waals surface area contributed by atoms with E-state index in [1.807, 2.05) is 24.3 Å². The quantitative estimate of drug-likeness (QED) is 0.707. The average Bonchev–Trinajstić information content (AvgIpc) is 3.19. The van der Waals surface area contributed by atoms with Gasteiger partial charge in [0.2, 0.25) is 5.82 Å². The van der Waals surface area contributed by atoms with Crippen LogP contribution in [0.4, 0.5) is 5.69 Å². The number of ether oxygens (including phenoxy) is 1. The van der Waals surface area contributed by atoms with Gasteiger partial charge in [0, 0.05) is 24.3 Å². The van der Waals surface area contributed by atoms with Gasteiger partial charge in [0.15, 0.2) is 0 Å². The summed E-state index contributed by atoms with van der Waals surface area (Å²) in [5.41, 5.74) is 3.01. The molecule has 0 saturated carbocycles. The normalized spacial score (nSPS) is 14.5. The lowest BCUT2D eigenvalue weighted by Gasteiger charge is -2.28. The fourth-order valence-corrected chi connectivity index (χ4v) is 3.24. The zero-order chi connectivity index (χ0) is 17.1. The highest BCUT2D eigenvalue weighted by atomic mass is 16.5. The molecule has 3 aromatic rings. The molecule has 1 aliphatic rings. The van der Waals surface area contributed by atoms with Crippen LogP contribution in [0.5, 0.6) is 5.75 Å². The number of aromatic nitrogens is 2. The van der Waals surface area contributed by atoms with Gasteiger partial charge < -0.3 is 14.2 Å². The van der Waals surface area contributed by atoms with Crippen LogP contribution in [0.25, 0.3) is 22.8 Å². The largest absolute Gasteiger partial charge is 0.496 e. The monoisotopic (exact) mass is 335 g/mol. The topological polar surface area (TPSA) is 51.4 Å². The molecule has 1 fully saturated rings. The van der Waals surface area contributed by atoms with E-state index in [4.69, 9.17) is 9.26 Å². The number of anilines is 1. The van der Waals surface area contributed by atoms with Gasteiger partial charge in [0.05, 0.1) is 12.7 Å². The molecule has 0 aliphatic carbocycles. The molecule has 0 atom stereocenters. The molecule has 0 N–H and O–H groups in total. The van der Waals surface area contributed by atoms with Gasteiger partial charge in [0.25, 0.3) is 5.89 Å². The molecule has 1 aliphatic heterocycles. The molecular formula is C20H21N3O2. The number of hydrogen-bond donors (Lipinski definition) is 0. The number of para-hydroxylation sites is 1. The molecule has 0 amide bonds. The van der Waals surface area contributed by atoms with Crippen LogP contribution in [0.3, 0.4) is 0 Å². The van der Waals surface area contributed by atoms with Crippen LogP contribution in [0.2, 0.25) is 0 Å². The lowest BCUT2D eigenvalue weighted by molar-refractivity contribution is 0.405. The SMILES string of the molecule is COc1ccccc1-c1nc(-c2ccc(N3CCCCC3)cc2)no1. The number of nitrogens with zero attached hydrogens (tertiary/aromatic N) is 3. The van der Waals surface area contributed by atoms with Crippen LogP contribution < -0.4 is 9.64 Å². The summed E-state index contributed by atoms with van der Waals surface area (Å²) >= 11 is 0. The van der Waals surface area contributed by atoms with E-state index in [-0.39, 0.29) is 0 Å². The van der Waals surface area contributed by atoms with Crippen LogP contribution in [0.15, 0.2) is 53.1 Å². The predicted octanol–water partition coefficient (Wildman–Crippen LogP) is 4.40. The number of benzene rings is 2. The summed E-state index contributed by atoms with van der Waals surface area (Å²) in [5.74, 6) is 1.77. The molecule has 0 radical (unpaired) electrons. The molecule has 2 heterocycles. The van der Waals surface area contributed by atoms with Crippen molar-refractivity contribution >= 4 is 5.69 Å². The van der Waals surface area contributed by atoms with Crippen molar-refractivity contribution in [2.24, 2.45) is 0 Å². The van der Waals surface area contributed by atoms with Gasteiger partial charge in [-0.1, -0.05) is 17.3 Å². The summed E-state index contributed by atoms with van der Waals surface area (Å²) in [4.78, 5) is 6.96. The van der Waals surface area contributed by atoms with Gasteiger partial charge in [-0.25, -0.2) is 0 Å². The Morgan fingerprint density at radius 3 is 2.48 bits per heavy atom. The fraction of sp³-hybridized carbons (Fsp3) is 0.300. The van der Waals surface area contributed by atoms with Gasteiger partial charge in [-0.3, -0.25) is 0 Å². The Kier molecular flexibility index (Phi) is 4.37. The smallest absolute Gasteiger partial charge is 0.262 e. The molecular weight excluding hydrogens is 314 g/mol. The van der Waals surface area contributed by atoms with E-state index in [1.54, 1.807) is 7.11 Å². The van der Waals surface area contributed by atoms with Gasteiger partial charge >= 0.3 is 0 Å². The minimum atomic E-state index is 0.465. The van der Waals surface area contributed by atoms with Crippen LogP contribution in [-0.4, -0.2) is 30.3 Å². The summed E-state index contributed by atoms with van der Waals surface area (Å²) in [5, 5.41) is 4.13. The lowest BCUT2D eigenvalue weighted by Crippen LogP contribution is -2.29. The van der Waals surface area contributed by atoms with E-state index in [9.17, 15) is 0 Å². The van der Waals surface area contributed by atoms with Crippen LogP contribution in [-0.2, 0) is 0 Å². The second-order valence-electron chi connectivity index (χ2n) is 6.22. The van der Waals surface area contributed by atoms with Crippen LogP contribution in [0.1, 0.15) is 19.3 Å². The van der Waals surface area contributed by atoms with Crippen molar-refractivity contribution in [2.45, 2.75) is 19.3 Å². The zero-order valence-electron chi connectivity index (χ0n) is 14.3. The number of methoxy groups -OCH3 is 1. The average molecular weight is 335 g/mol. The number of rotatable bonds is 4. The van der Waals surface area contributed by atoms with E-state index >= 15 is 0 Å². The predicted molar refractivity (Wildman–Crippen MR) is 97.8 cm³/mol. The van der Waals surface area contributed by atoms with Crippen molar-refractivity contribution in [3.8, 4) is 28.6 Å². The highest BCUT2D eigenvalue weighted by Crippen LogP contribution is 2.30. The minimum absolute atomic E-state index is 0.465. The van der Waals surface area contributed by atoms with E-state index in [0.717, 1.165) is 30.0 Å². The minimum Gasteiger partial charge on any atom is -0.496 e. The molecule has 0 spiro atoms. The fourth-order valence-electron chi connectivity index (χ4n) is 3.24. The number of piperidine rings is 1. The van der Waals surface area contributed by atoms with Gasteiger partial charge in [-0.2, -0.15) is 4.98 Å². The second-order valence-corrected chi connectivity index (χ2v) is 6.22. The Bertz CT molecular complexity index is 836. The zero-order valence-corrected chi connectivity index (χ0v) is 14.3. The van der Waals surface area contributed by atoms with E-state index in [2.05, 4.69) is 39.3 Å². The van der Waals surface area contributed by atoms with Crippen LogP contribution >= 0.6 is 0 Å². The molecule has 1 aromatic heterocycles. The third kappa shape index (κ3) is 3.22. The molecule has 4 rings (SSSR count).